The van der Waals surface area contributed by atoms with Gasteiger partial charge in [-0.2, -0.15) is 0 Å². The molecule has 0 fully saturated rings. The van der Waals surface area contributed by atoms with Gasteiger partial charge in [0.15, 0.2) is 0 Å². The maximum atomic E-state index is 11.2. The lowest BCUT2D eigenvalue weighted by molar-refractivity contribution is 0.731. The van der Waals surface area contributed by atoms with Crippen molar-refractivity contribution in [1.29, 1.82) is 0 Å². The Morgan fingerprint density at radius 3 is 2.91 bits per heavy atom. The number of hydrogen-bond acceptors (Lipinski definition) is 2. The maximum Gasteiger partial charge on any atom is 0.267 e. The third kappa shape index (κ3) is 1.50. The summed E-state index contributed by atoms with van der Waals surface area (Å²) in [6, 6.07) is 0. The molecule has 1 aromatic heterocycles. The Labute approximate surface area is 73.2 Å². The van der Waals surface area contributed by atoms with Gasteiger partial charge < -0.3 is 0 Å². The lowest BCUT2D eigenvalue weighted by atomic mass is 10.4. The highest BCUT2D eigenvalue weighted by molar-refractivity contribution is 9.10. The molecule has 1 rings (SSSR count). The Hall–Kier alpha value is -0.640. The smallest absolute Gasteiger partial charge is 0.267 e. The van der Waals surface area contributed by atoms with Crippen LogP contribution in [0.1, 0.15) is 12.7 Å². The Kier molecular flexibility index (Phi) is 2.44. The van der Waals surface area contributed by atoms with Crippen molar-refractivity contribution in [2.45, 2.75) is 13.3 Å². The Bertz CT molecular complexity index is 319. The molecule has 1 heterocycles. The van der Waals surface area contributed by atoms with Crippen molar-refractivity contribution in [3.8, 4) is 0 Å². The van der Waals surface area contributed by atoms with Crippen molar-refractivity contribution in [3.63, 3.8) is 0 Å². The van der Waals surface area contributed by atoms with E-state index in [4.69, 9.17) is 0 Å². The molecule has 4 heteroatoms. The molecule has 0 aliphatic carbocycles. The molecule has 0 spiro atoms. The fourth-order valence-corrected chi connectivity index (χ4v) is 1.25. The number of nitrogens with zero attached hydrogens (tertiary/aromatic N) is 2. The molecule has 11 heavy (non-hydrogen) atoms. The Morgan fingerprint density at radius 2 is 2.36 bits per heavy atom. The summed E-state index contributed by atoms with van der Waals surface area (Å²) in [6.45, 7) is 1.97. The van der Waals surface area contributed by atoms with Gasteiger partial charge in [0.05, 0.1) is 0 Å². The summed E-state index contributed by atoms with van der Waals surface area (Å²) in [7, 11) is 1.72. The number of aryl methyl sites for hydroxylation is 1. The standard InChI is InChI=1S/C7H9BrN2O/c1-3-6-9-4-5(8)7(11)10(6)2/h4H,3H2,1-2H3. The normalized spacial score (nSPS) is 10.1. The van der Waals surface area contributed by atoms with Crippen LogP contribution in [0, 0.1) is 0 Å². The van der Waals surface area contributed by atoms with E-state index in [0.717, 1.165) is 12.2 Å². The zero-order valence-electron chi connectivity index (χ0n) is 6.47. The molecule has 0 saturated heterocycles. The second-order valence-electron chi connectivity index (χ2n) is 2.24. The predicted molar refractivity (Wildman–Crippen MR) is 46.6 cm³/mol. The first-order chi connectivity index (χ1) is 5.16. The Morgan fingerprint density at radius 1 is 1.73 bits per heavy atom. The zero-order valence-corrected chi connectivity index (χ0v) is 8.05. The van der Waals surface area contributed by atoms with E-state index in [0.29, 0.717) is 4.47 Å². The van der Waals surface area contributed by atoms with E-state index in [1.54, 1.807) is 17.8 Å². The topological polar surface area (TPSA) is 34.9 Å². The first-order valence-corrected chi connectivity index (χ1v) is 4.16. The van der Waals surface area contributed by atoms with E-state index in [9.17, 15) is 4.79 Å². The van der Waals surface area contributed by atoms with Crippen LogP contribution in [-0.4, -0.2) is 9.55 Å². The van der Waals surface area contributed by atoms with E-state index in [-0.39, 0.29) is 5.56 Å². The minimum absolute atomic E-state index is 0.0307. The molecule has 0 radical (unpaired) electrons. The van der Waals surface area contributed by atoms with E-state index in [2.05, 4.69) is 20.9 Å². The fraction of sp³-hybridized carbons (Fsp3) is 0.429. The summed E-state index contributed by atoms with van der Waals surface area (Å²) in [5.74, 6) is 0.804. The molecule has 1 aromatic rings. The first kappa shape index (κ1) is 8.46. The second-order valence-corrected chi connectivity index (χ2v) is 3.09. The molecule has 0 amide bonds. The number of halogens is 1. The van der Waals surface area contributed by atoms with Crippen molar-refractivity contribution in [2.75, 3.05) is 0 Å². The fourth-order valence-electron chi connectivity index (χ4n) is 0.879. The van der Waals surface area contributed by atoms with Gasteiger partial charge in [-0.25, -0.2) is 4.98 Å². The van der Waals surface area contributed by atoms with E-state index < -0.39 is 0 Å². The van der Waals surface area contributed by atoms with Crippen LogP contribution < -0.4 is 5.56 Å². The molecule has 0 unspecified atom stereocenters. The minimum Gasteiger partial charge on any atom is -0.299 e. The molecular weight excluding hydrogens is 208 g/mol. The van der Waals surface area contributed by atoms with E-state index >= 15 is 0 Å². The molecule has 0 aromatic carbocycles. The predicted octanol–water partition coefficient (Wildman–Crippen LogP) is 1.11. The van der Waals surface area contributed by atoms with Gasteiger partial charge in [-0.15, -0.1) is 0 Å². The highest BCUT2D eigenvalue weighted by atomic mass is 79.9. The highest BCUT2D eigenvalue weighted by Crippen LogP contribution is 2.00. The van der Waals surface area contributed by atoms with Gasteiger partial charge in [-0.05, 0) is 15.9 Å². The van der Waals surface area contributed by atoms with Gasteiger partial charge in [-0.3, -0.25) is 9.36 Å². The third-order valence-electron chi connectivity index (χ3n) is 1.54. The molecular formula is C7H9BrN2O. The van der Waals surface area contributed by atoms with Crippen molar-refractivity contribution >= 4 is 15.9 Å². The molecule has 3 nitrogen and oxygen atoms in total. The molecule has 60 valence electrons. The van der Waals surface area contributed by atoms with Gasteiger partial charge in [0.1, 0.15) is 10.3 Å². The Balaban J connectivity index is 3.37. The summed E-state index contributed by atoms with van der Waals surface area (Å²) < 4.78 is 2.06. The highest BCUT2D eigenvalue weighted by Gasteiger charge is 2.01. The van der Waals surface area contributed by atoms with Crippen molar-refractivity contribution in [1.82, 2.24) is 9.55 Å². The quantitative estimate of drug-likeness (QED) is 0.706. The molecule has 0 N–H and O–H groups in total. The summed E-state index contributed by atoms with van der Waals surface area (Å²) in [5.41, 5.74) is -0.0307. The average Bonchev–Trinajstić information content (AvgIpc) is 2.01. The van der Waals surface area contributed by atoms with Gasteiger partial charge >= 0.3 is 0 Å². The summed E-state index contributed by atoms with van der Waals surface area (Å²) >= 11 is 3.11. The molecule has 0 saturated carbocycles. The van der Waals surface area contributed by atoms with Crippen LogP contribution in [0.2, 0.25) is 0 Å². The summed E-state index contributed by atoms with van der Waals surface area (Å²) in [5, 5.41) is 0. The van der Waals surface area contributed by atoms with Crippen LogP contribution in [0.4, 0.5) is 0 Å². The third-order valence-corrected chi connectivity index (χ3v) is 2.08. The number of aromatic nitrogens is 2. The van der Waals surface area contributed by atoms with Crippen LogP contribution >= 0.6 is 15.9 Å². The molecule has 0 aliphatic rings. The van der Waals surface area contributed by atoms with Crippen molar-refractivity contribution in [2.24, 2.45) is 7.05 Å². The van der Waals surface area contributed by atoms with Crippen LogP contribution in [0.5, 0.6) is 0 Å². The zero-order chi connectivity index (χ0) is 8.43. The first-order valence-electron chi connectivity index (χ1n) is 3.37. The molecule has 0 atom stereocenters. The van der Waals surface area contributed by atoms with Crippen molar-refractivity contribution < 1.29 is 0 Å². The minimum atomic E-state index is -0.0307. The van der Waals surface area contributed by atoms with Crippen LogP contribution in [-0.2, 0) is 13.5 Å². The summed E-state index contributed by atoms with van der Waals surface area (Å²) in [6.07, 6.45) is 2.32. The van der Waals surface area contributed by atoms with Gasteiger partial charge in [0.25, 0.3) is 5.56 Å². The van der Waals surface area contributed by atoms with Gasteiger partial charge in [-0.1, -0.05) is 6.92 Å². The van der Waals surface area contributed by atoms with Gasteiger partial charge in [0, 0.05) is 19.7 Å². The summed E-state index contributed by atoms with van der Waals surface area (Å²) in [4.78, 5) is 15.3. The monoisotopic (exact) mass is 216 g/mol. The lowest BCUT2D eigenvalue weighted by Gasteiger charge is -2.03. The average molecular weight is 217 g/mol. The van der Waals surface area contributed by atoms with Crippen LogP contribution in [0.3, 0.4) is 0 Å². The molecule has 0 bridgehead atoms. The van der Waals surface area contributed by atoms with Crippen LogP contribution in [0.25, 0.3) is 0 Å². The van der Waals surface area contributed by atoms with Gasteiger partial charge in [0.2, 0.25) is 0 Å². The van der Waals surface area contributed by atoms with Crippen LogP contribution in [0.15, 0.2) is 15.5 Å². The largest absolute Gasteiger partial charge is 0.299 e. The van der Waals surface area contributed by atoms with E-state index in [1.807, 2.05) is 6.92 Å². The SMILES string of the molecule is CCc1ncc(Br)c(=O)n1C. The second kappa shape index (κ2) is 3.17. The lowest BCUT2D eigenvalue weighted by Crippen LogP contribution is -2.21. The molecule has 0 aliphatic heterocycles. The van der Waals surface area contributed by atoms with E-state index in [1.165, 1.54) is 0 Å². The maximum absolute atomic E-state index is 11.2. The van der Waals surface area contributed by atoms with Crippen molar-refractivity contribution in [3.05, 3.63) is 26.8 Å². The number of hydrogen-bond donors (Lipinski definition) is 0. The number of rotatable bonds is 1.